The first-order valence-corrected chi connectivity index (χ1v) is 8.82. The number of ketones is 1. The van der Waals surface area contributed by atoms with Crippen molar-refractivity contribution in [2.45, 2.75) is 19.3 Å². The molecule has 0 bridgehead atoms. The van der Waals surface area contributed by atoms with Crippen LogP contribution in [0.2, 0.25) is 0 Å². The Labute approximate surface area is 151 Å². The summed E-state index contributed by atoms with van der Waals surface area (Å²) >= 11 is 0. The van der Waals surface area contributed by atoms with Gasteiger partial charge in [0.2, 0.25) is 0 Å². The smallest absolute Gasteiger partial charge is 0.280 e. The van der Waals surface area contributed by atoms with E-state index in [1.165, 1.54) is 18.2 Å². The second-order valence-electron chi connectivity index (χ2n) is 6.58. The van der Waals surface area contributed by atoms with Gasteiger partial charge in [-0.1, -0.05) is 0 Å². The second kappa shape index (κ2) is 8.37. The van der Waals surface area contributed by atoms with Crippen LogP contribution in [-0.2, 0) is 9.47 Å². The summed E-state index contributed by atoms with van der Waals surface area (Å²) in [6.07, 6.45) is 1.78. The third-order valence-corrected chi connectivity index (χ3v) is 4.85. The number of carbonyl (C=O) groups excluding carboxylic acids is 2. The molecule has 2 saturated heterocycles. The van der Waals surface area contributed by atoms with Crippen LogP contribution in [0.4, 0.5) is 5.69 Å². The van der Waals surface area contributed by atoms with E-state index in [0.29, 0.717) is 45.1 Å². The van der Waals surface area contributed by atoms with Crippen molar-refractivity contribution in [3.63, 3.8) is 0 Å². The molecule has 26 heavy (non-hydrogen) atoms. The topological polar surface area (TPSA) is 99.0 Å². The minimum atomic E-state index is -0.569. The molecular weight excluding hydrogens is 340 g/mol. The fourth-order valence-electron chi connectivity index (χ4n) is 3.32. The average molecular weight is 362 g/mol. The summed E-state index contributed by atoms with van der Waals surface area (Å²) in [6, 6.07) is 4.05. The predicted molar refractivity (Wildman–Crippen MR) is 92.3 cm³/mol. The summed E-state index contributed by atoms with van der Waals surface area (Å²) in [5, 5.41) is 11.3. The van der Waals surface area contributed by atoms with Crippen LogP contribution in [-0.4, -0.2) is 61.0 Å². The number of amides is 1. The summed E-state index contributed by atoms with van der Waals surface area (Å²) in [5.74, 6) is -0.363. The zero-order valence-electron chi connectivity index (χ0n) is 14.5. The highest BCUT2D eigenvalue weighted by Crippen LogP contribution is 2.26. The number of ether oxygens (including phenoxy) is 2. The van der Waals surface area contributed by atoms with Crippen LogP contribution in [0.1, 0.15) is 40.0 Å². The van der Waals surface area contributed by atoms with E-state index < -0.39 is 4.92 Å². The number of benzene rings is 1. The highest BCUT2D eigenvalue weighted by Gasteiger charge is 2.27. The van der Waals surface area contributed by atoms with Gasteiger partial charge in [-0.25, -0.2) is 0 Å². The van der Waals surface area contributed by atoms with Gasteiger partial charge in [0.25, 0.3) is 11.6 Å². The lowest BCUT2D eigenvalue weighted by Gasteiger charge is -2.27. The number of hydrogen-bond acceptors (Lipinski definition) is 6. The largest absolute Gasteiger partial charge is 0.381 e. The minimum Gasteiger partial charge on any atom is -0.381 e. The van der Waals surface area contributed by atoms with E-state index >= 15 is 0 Å². The van der Waals surface area contributed by atoms with Crippen molar-refractivity contribution in [1.29, 1.82) is 0 Å². The molecule has 2 aliphatic rings. The monoisotopic (exact) mass is 362 g/mol. The van der Waals surface area contributed by atoms with E-state index in [2.05, 4.69) is 0 Å². The molecule has 2 fully saturated rings. The second-order valence-corrected chi connectivity index (χ2v) is 6.58. The van der Waals surface area contributed by atoms with Crippen LogP contribution in [0.25, 0.3) is 0 Å². The normalized spacial score (nSPS) is 18.5. The number of rotatable bonds is 5. The van der Waals surface area contributed by atoms with E-state index in [9.17, 15) is 19.7 Å². The van der Waals surface area contributed by atoms with Crippen molar-refractivity contribution in [1.82, 2.24) is 4.90 Å². The molecular formula is C18H22N2O6. The molecule has 2 aliphatic heterocycles. The van der Waals surface area contributed by atoms with Crippen molar-refractivity contribution >= 4 is 17.4 Å². The highest BCUT2D eigenvalue weighted by molar-refractivity contribution is 6.03. The lowest BCUT2D eigenvalue weighted by molar-refractivity contribution is -0.385. The molecule has 8 heteroatoms. The molecule has 140 valence electrons. The quantitative estimate of drug-likeness (QED) is 0.452. The van der Waals surface area contributed by atoms with Crippen molar-refractivity contribution in [2.24, 2.45) is 5.92 Å². The summed E-state index contributed by atoms with van der Waals surface area (Å²) in [7, 11) is 0. The number of carbonyl (C=O) groups is 2. The number of nitrogens with zero attached hydrogens (tertiary/aromatic N) is 2. The summed E-state index contributed by atoms with van der Waals surface area (Å²) < 4.78 is 10.5. The summed E-state index contributed by atoms with van der Waals surface area (Å²) in [6.45, 7) is 3.09. The number of hydrogen-bond donors (Lipinski definition) is 0. The minimum absolute atomic E-state index is 0.0144. The van der Waals surface area contributed by atoms with Gasteiger partial charge in [-0.3, -0.25) is 19.7 Å². The molecule has 0 spiro atoms. The number of morpholine rings is 1. The third-order valence-electron chi connectivity index (χ3n) is 4.85. The maximum atomic E-state index is 12.7. The van der Waals surface area contributed by atoms with Crippen LogP contribution in [0.15, 0.2) is 18.2 Å². The van der Waals surface area contributed by atoms with Gasteiger partial charge in [-0.15, -0.1) is 0 Å². The van der Waals surface area contributed by atoms with E-state index in [-0.39, 0.29) is 35.3 Å². The molecule has 0 aliphatic carbocycles. The zero-order valence-corrected chi connectivity index (χ0v) is 14.5. The Morgan fingerprint density at radius 1 is 1.12 bits per heavy atom. The fourth-order valence-corrected chi connectivity index (χ4v) is 3.32. The molecule has 0 radical (unpaired) electrons. The van der Waals surface area contributed by atoms with Crippen molar-refractivity contribution in [3.8, 4) is 0 Å². The van der Waals surface area contributed by atoms with E-state index in [1.54, 1.807) is 4.90 Å². The Balaban J connectivity index is 1.82. The molecule has 0 saturated carbocycles. The lowest BCUT2D eigenvalue weighted by atomic mass is 9.91. The van der Waals surface area contributed by atoms with E-state index in [1.807, 2.05) is 0 Å². The Hall–Kier alpha value is -2.32. The first-order valence-electron chi connectivity index (χ1n) is 8.82. The van der Waals surface area contributed by atoms with Gasteiger partial charge in [-0.2, -0.15) is 0 Å². The van der Waals surface area contributed by atoms with Gasteiger partial charge in [-0.05, 0) is 30.9 Å². The maximum absolute atomic E-state index is 12.7. The van der Waals surface area contributed by atoms with Gasteiger partial charge in [0.05, 0.1) is 23.7 Å². The first-order chi connectivity index (χ1) is 12.6. The Bertz CT molecular complexity index is 693. The number of nitro groups is 1. The highest BCUT2D eigenvalue weighted by atomic mass is 16.6. The van der Waals surface area contributed by atoms with Crippen LogP contribution in [0.5, 0.6) is 0 Å². The molecule has 2 heterocycles. The Morgan fingerprint density at radius 3 is 2.42 bits per heavy atom. The first kappa shape index (κ1) is 18.5. The summed E-state index contributed by atoms with van der Waals surface area (Å²) in [5.41, 5.74) is 0.0639. The van der Waals surface area contributed by atoms with E-state index in [4.69, 9.17) is 9.47 Å². The van der Waals surface area contributed by atoms with Crippen molar-refractivity contribution < 1.29 is 24.0 Å². The molecule has 1 aromatic carbocycles. The third kappa shape index (κ3) is 4.25. The van der Waals surface area contributed by atoms with Gasteiger partial charge in [0, 0.05) is 44.4 Å². The van der Waals surface area contributed by atoms with Gasteiger partial charge in [0.15, 0.2) is 5.78 Å². The van der Waals surface area contributed by atoms with Crippen LogP contribution < -0.4 is 0 Å². The van der Waals surface area contributed by atoms with Crippen LogP contribution in [0.3, 0.4) is 0 Å². The average Bonchev–Trinajstić information content (AvgIpc) is 2.68. The van der Waals surface area contributed by atoms with Crippen molar-refractivity contribution in [2.75, 3.05) is 39.5 Å². The molecule has 1 amide bonds. The zero-order chi connectivity index (χ0) is 18.5. The molecule has 0 aromatic heterocycles. The number of nitro benzene ring substituents is 1. The molecule has 3 rings (SSSR count). The van der Waals surface area contributed by atoms with Gasteiger partial charge >= 0.3 is 0 Å². The standard InChI is InChI=1S/C18H22N2O6/c21-17(11-13-3-7-25-8-4-13)15-12-14(1-2-16(15)20(23)24)18(22)19-5-9-26-10-6-19/h1-2,12-13H,3-11H2. The summed E-state index contributed by atoms with van der Waals surface area (Å²) in [4.78, 5) is 37.7. The number of Topliss-reactive ketones (excluding diaryl/α,β-unsaturated/α-hetero) is 1. The predicted octanol–water partition coefficient (Wildman–Crippen LogP) is 2.07. The van der Waals surface area contributed by atoms with Crippen molar-refractivity contribution in [3.05, 3.63) is 39.4 Å². The SMILES string of the molecule is O=C(CC1CCOCC1)c1cc(C(=O)N2CCOCC2)ccc1[N+](=O)[O-]. The van der Waals surface area contributed by atoms with E-state index in [0.717, 1.165) is 12.8 Å². The molecule has 8 nitrogen and oxygen atoms in total. The van der Waals surface area contributed by atoms with Crippen LogP contribution in [0, 0.1) is 16.0 Å². The Morgan fingerprint density at radius 2 is 1.77 bits per heavy atom. The molecule has 0 atom stereocenters. The Kier molecular flexibility index (Phi) is 5.95. The van der Waals surface area contributed by atoms with Crippen LogP contribution >= 0.6 is 0 Å². The molecule has 0 N–H and O–H groups in total. The maximum Gasteiger partial charge on any atom is 0.280 e. The van der Waals surface area contributed by atoms with Gasteiger partial charge < -0.3 is 14.4 Å². The van der Waals surface area contributed by atoms with Gasteiger partial charge in [0.1, 0.15) is 0 Å². The molecule has 0 unspecified atom stereocenters. The lowest BCUT2D eigenvalue weighted by Crippen LogP contribution is -2.40. The molecule has 1 aromatic rings. The fraction of sp³-hybridized carbons (Fsp3) is 0.556.